The van der Waals surface area contributed by atoms with Gasteiger partial charge in [0, 0.05) is 41.2 Å². The number of aryl methyl sites for hydroxylation is 2. The van der Waals surface area contributed by atoms with E-state index in [2.05, 4.69) is 78.8 Å². The van der Waals surface area contributed by atoms with E-state index < -0.39 is 0 Å². The lowest BCUT2D eigenvalue weighted by atomic mass is 9.83. The molecule has 1 atom stereocenters. The summed E-state index contributed by atoms with van der Waals surface area (Å²) in [4.78, 5) is 4.57. The molecular weight excluding hydrogens is 380 g/mol. The lowest BCUT2D eigenvalue weighted by molar-refractivity contribution is 0.457. The minimum atomic E-state index is 0.0686. The van der Waals surface area contributed by atoms with E-state index in [4.69, 9.17) is 0 Å². The molecule has 0 saturated heterocycles. The van der Waals surface area contributed by atoms with Crippen molar-refractivity contribution in [1.82, 2.24) is 4.98 Å². The fourth-order valence-electron chi connectivity index (χ4n) is 4.40. The summed E-state index contributed by atoms with van der Waals surface area (Å²) in [7, 11) is 0. The Morgan fingerprint density at radius 1 is 1.06 bits per heavy atom. The zero-order valence-corrected chi connectivity index (χ0v) is 18.3. The number of hydrogen-bond donors (Lipinski definition) is 2. The normalized spacial score (nSPS) is 13.5. The molecule has 1 heterocycles. The van der Waals surface area contributed by atoms with Gasteiger partial charge in [-0.15, -0.1) is 0 Å². The van der Waals surface area contributed by atoms with Crippen LogP contribution in [0.5, 0.6) is 5.75 Å². The summed E-state index contributed by atoms with van der Waals surface area (Å²) in [6, 6.07) is 16.9. The summed E-state index contributed by atoms with van der Waals surface area (Å²) >= 11 is 0. The van der Waals surface area contributed by atoms with Gasteiger partial charge in [-0.25, -0.2) is 0 Å². The summed E-state index contributed by atoms with van der Waals surface area (Å²) in [5.74, 6) is 0.487. The van der Waals surface area contributed by atoms with Crippen molar-refractivity contribution in [2.75, 3.05) is 11.9 Å². The quantitative estimate of drug-likeness (QED) is 0.472. The third-order valence-electron chi connectivity index (χ3n) is 5.94. The molecule has 0 saturated carbocycles. The number of nitrogens with zero attached hydrogens (tertiary/aromatic N) is 1. The molecule has 0 bridgehead atoms. The lowest BCUT2D eigenvalue weighted by Crippen LogP contribution is -2.10. The fourth-order valence-corrected chi connectivity index (χ4v) is 4.40. The number of aromatic nitrogens is 1. The van der Waals surface area contributed by atoms with Crippen molar-refractivity contribution in [2.24, 2.45) is 0 Å². The van der Waals surface area contributed by atoms with Gasteiger partial charge in [-0.1, -0.05) is 54.6 Å². The number of para-hydroxylation sites is 1. The standard InChI is InChI=1S/C28H30N2O/c1-3-29-27-12-8-7-11-25(27)24(16-14-22-19-20(2)17-18-30-22)26-15-13-21-9-5-4-6-10-23(21)28(26)31/h4-9,11-13,15,17-19,24,29,31H,3,10,14,16H2,1-2H3. The fraction of sp³-hybridized carbons (Fsp3) is 0.250. The molecule has 4 rings (SSSR count). The molecule has 0 radical (unpaired) electrons. The van der Waals surface area contributed by atoms with Crippen molar-refractivity contribution < 1.29 is 5.11 Å². The van der Waals surface area contributed by atoms with Crippen molar-refractivity contribution in [3.05, 3.63) is 106 Å². The van der Waals surface area contributed by atoms with E-state index in [9.17, 15) is 5.11 Å². The Morgan fingerprint density at radius 3 is 2.77 bits per heavy atom. The number of fused-ring (bicyclic) bond motifs is 1. The van der Waals surface area contributed by atoms with Crippen LogP contribution in [-0.4, -0.2) is 16.6 Å². The van der Waals surface area contributed by atoms with Crippen LogP contribution in [0.4, 0.5) is 5.69 Å². The Hall–Kier alpha value is -3.33. The van der Waals surface area contributed by atoms with E-state index in [1.807, 2.05) is 24.4 Å². The number of allylic oxidation sites excluding steroid dienone is 3. The molecule has 158 valence electrons. The zero-order valence-electron chi connectivity index (χ0n) is 18.3. The zero-order chi connectivity index (χ0) is 21.6. The van der Waals surface area contributed by atoms with Gasteiger partial charge in [0.2, 0.25) is 0 Å². The molecule has 1 aliphatic carbocycles. The van der Waals surface area contributed by atoms with Gasteiger partial charge in [0.05, 0.1) is 0 Å². The average molecular weight is 411 g/mol. The maximum atomic E-state index is 11.3. The Morgan fingerprint density at radius 2 is 1.94 bits per heavy atom. The predicted molar refractivity (Wildman–Crippen MR) is 130 cm³/mol. The Balaban J connectivity index is 1.77. The molecule has 2 aromatic carbocycles. The lowest BCUT2D eigenvalue weighted by Gasteiger charge is -2.24. The van der Waals surface area contributed by atoms with E-state index in [0.29, 0.717) is 5.75 Å². The highest BCUT2D eigenvalue weighted by atomic mass is 16.3. The number of phenols is 1. The van der Waals surface area contributed by atoms with Gasteiger partial charge in [-0.2, -0.15) is 0 Å². The van der Waals surface area contributed by atoms with Gasteiger partial charge in [0.25, 0.3) is 0 Å². The van der Waals surface area contributed by atoms with E-state index >= 15 is 0 Å². The van der Waals surface area contributed by atoms with Crippen LogP contribution in [0.15, 0.2) is 73.0 Å². The molecule has 31 heavy (non-hydrogen) atoms. The second kappa shape index (κ2) is 9.65. The van der Waals surface area contributed by atoms with Crippen LogP contribution < -0.4 is 5.32 Å². The van der Waals surface area contributed by atoms with Gasteiger partial charge in [0.1, 0.15) is 5.75 Å². The molecule has 3 heteroatoms. The number of nitrogens with one attached hydrogen (secondary N) is 1. The number of anilines is 1. The maximum Gasteiger partial charge on any atom is 0.123 e. The molecule has 2 N–H and O–H groups in total. The minimum absolute atomic E-state index is 0.0686. The number of benzene rings is 2. The summed E-state index contributed by atoms with van der Waals surface area (Å²) in [5, 5.41) is 14.9. The molecule has 0 spiro atoms. The number of aromatic hydroxyl groups is 1. The Bertz CT molecular complexity index is 1110. The summed E-state index contributed by atoms with van der Waals surface area (Å²) in [6.07, 6.45) is 12.6. The molecule has 3 nitrogen and oxygen atoms in total. The summed E-state index contributed by atoms with van der Waals surface area (Å²) in [6.45, 7) is 5.07. The highest BCUT2D eigenvalue weighted by Gasteiger charge is 2.23. The highest BCUT2D eigenvalue weighted by molar-refractivity contribution is 5.65. The van der Waals surface area contributed by atoms with Gasteiger partial charge < -0.3 is 10.4 Å². The van der Waals surface area contributed by atoms with Crippen molar-refractivity contribution in [3.63, 3.8) is 0 Å². The first-order valence-electron chi connectivity index (χ1n) is 11.1. The van der Waals surface area contributed by atoms with Crippen molar-refractivity contribution in [1.29, 1.82) is 0 Å². The minimum Gasteiger partial charge on any atom is -0.507 e. The number of hydrogen-bond acceptors (Lipinski definition) is 3. The molecule has 1 unspecified atom stereocenters. The van der Waals surface area contributed by atoms with Gasteiger partial charge in [-0.05, 0) is 68.0 Å². The third-order valence-corrected chi connectivity index (χ3v) is 5.94. The van der Waals surface area contributed by atoms with Crippen LogP contribution in [0, 0.1) is 6.92 Å². The van der Waals surface area contributed by atoms with E-state index in [1.165, 1.54) is 11.1 Å². The predicted octanol–water partition coefficient (Wildman–Crippen LogP) is 6.42. The second-order valence-corrected chi connectivity index (χ2v) is 8.10. The summed E-state index contributed by atoms with van der Waals surface area (Å²) in [5.41, 5.74) is 7.73. The van der Waals surface area contributed by atoms with Crippen LogP contribution >= 0.6 is 0 Å². The first-order valence-corrected chi connectivity index (χ1v) is 11.1. The van der Waals surface area contributed by atoms with E-state index in [-0.39, 0.29) is 5.92 Å². The van der Waals surface area contributed by atoms with Crippen LogP contribution in [0.25, 0.3) is 6.08 Å². The van der Waals surface area contributed by atoms with Crippen molar-refractivity contribution >= 4 is 11.8 Å². The molecular formula is C28H30N2O. The van der Waals surface area contributed by atoms with Gasteiger partial charge >= 0.3 is 0 Å². The van der Waals surface area contributed by atoms with Crippen LogP contribution in [0.1, 0.15) is 52.8 Å². The Labute approximate surface area is 185 Å². The highest BCUT2D eigenvalue weighted by Crippen LogP contribution is 2.41. The second-order valence-electron chi connectivity index (χ2n) is 8.10. The first kappa shape index (κ1) is 20.9. The van der Waals surface area contributed by atoms with Crippen LogP contribution in [0.2, 0.25) is 0 Å². The largest absolute Gasteiger partial charge is 0.507 e. The maximum absolute atomic E-state index is 11.3. The number of pyridine rings is 1. The summed E-state index contributed by atoms with van der Waals surface area (Å²) < 4.78 is 0. The van der Waals surface area contributed by atoms with E-state index in [1.54, 1.807) is 0 Å². The van der Waals surface area contributed by atoms with Crippen LogP contribution in [-0.2, 0) is 12.8 Å². The first-order chi connectivity index (χ1) is 15.2. The van der Waals surface area contributed by atoms with Crippen LogP contribution in [0.3, 0.4) is 0 Å². The van der Waals surface area contributed by atoms with Gasteiger partial charge in [-0.3, -0.25) is 4.98 Å². The Kier molecular flexibility index (Phi) is 6.51. The molecule has 0 amide bonds. The SMILES string of the molecule is CCNc1ccccc1C(CCc1cc(C)ccn1)c1ccc2c(c1O)CC=CC=C2. The number of rotatable bonds is 7. The third kappa shape index (κ3) is 4.72. The topological polar surface area (TPSA) is 45.2 Å². The monoisotopic (exact) mass is 410 g/mol. The molecule has 0 fully saturated rings. The molecule has 1 aromatic heterocycles. The van der Waals surface area contributed by atoms with Gasteiger partial charge in [0.15, 0.2) is 0 Å². The molecule has 3 aromatic rings. The van der Waals surface area contributed by atoms with Crippen molar-refractivity contribution in [2.45, 2.75) is 39.0 Å². The smallest absolute Gasteiger partial charge is 0.123 e. The van der Waals surface area contributed by atoms with E-state index in [0.717, 1.165) is 53.9 Å². The average Bonchev–Trinajstić information content (AvgIpc) is 3.03. The molecule has 0 aliphatic heterocycles. The molecule has 1 aliphatic rings. The number of phenolic OH excluding ortho intramolecular Hbond substituents is 1. The van der Waals surface area contributed by atoms with Crippen molar-refractivity contribution in [3.8, 4) is 5.75 Å².